The zero-order valence-corrected chi connectivity index (χ0v) is 17.1. The summed E-state index contributed by atoms with van der Waals surface area (Å²) in [5, 5.41) is 3.13. The van der Waals surface area contributed by atoms with Gasteiger partial charge in [-0.05, 0) is 61.9 Å². The number of rotatable bonds is 6. The molecule has 0 aromatic heterocycles. The molecule has 2 fully saturated rings. The standard InChI is InChI=1S/C21H30F4N4O/c22-18-10-16(9-17(11-18)21(23,24)25)13-27-12-15-1-7-29(8-2-15)20(30)14-28-5-3-19(26)4-6-28/h9-11,15,19,27H,1-8,12-14,26H2. The largest absolute Gasteiger partial charge is 0.416 e. The fraction of sp³-hybridized carbons (Fsp3) is 0.667. The van der Waals surface area contributed by atoms with Gasteiger partial charge in [0.25, 0.3) is 0 Å². The van der Waals surface area contributed by atoms with Crippen molar-refractivity contribution in [3.05, 3.63) is 35.1 Å². The van der Waals surface area contributed by atoms with Gasteiger partial charge >= 0.3 is 6.18 Å². The Hall–Kier alpha value is -1.71. The summed E-state index contributed by atoms with van der Waals surface area (Å²) < 4.78 is 51.9. The first-order valence-corrected chi connectivity index (χ1v) is 10.5. The van der Waals surface area contributed by atoms with Gasteiger partial charge in [-0.25, -0.2) is 4.39 Å². The van der Waals surface area contributed by atoms with Crippen LogP contribution in [0.4, 0.5) is 17.6 Å². The zero-order chi connectivity index (χ0) is 21.7. The molecule has 1 aromatic carbocycles. The molecule has 2 heterocycles. The molecule has 2 aliphatic rings. The lowest BCUT2D eigenvalue weighted by molar-refractivity contribution is -0.138. The van der Waals surface area contributed by atoms with Crippen molar-refractivity contribution in [3.63, 3.8) is 0 Å². The van der Waals surface area contributed by atoms with Gasteiger partial charge in [-0.2, -0.15) is 13.2 Å². The molecule has 0 saturated carbocycles. The number of nitrogens with zero attached hydrogens (tertiary/aromatic N) is 2. The molecule has 1 amide bonds. The Morgan fingerprint density at radius 3 is 2.37 bits per heavy atom. The molecule has 1 aromatic rings. The van der Waals surface area contributed by atoms with Crippen LogP contribution in [0.2, 0.25) is 0 Å². The van der Waals surface area contributed by atoms with E-state index in [9.17, 15) is 22.4 Å². The third-order valence-corrected chi connectivity index (χ3v) is 6.01. The smallest absolute Gasteiger partial charge is 0.342 e. The first kappa shape index (κ1) is 23.0. The van der Waals surface area contributed by atoms with E-state index in [1.54, 1.807) is 0 Å². The normalized spacial score (nSPS) is 20.0. The van der Waals surface area contributed by atoms with Crippen molar-refractivity contribution in [2.75, 3.05) is 39.3 Å². The lowest BCUT2D eigenvalue weighted by Crippen LogP contribution is -2.48. The third-order valence-electron chi connectivity index (χ3n) is 6.01. The van der Waals surface area contributed by atoms with Crippen LogP contribution in [-0.2, 0) is 17.5 Å². The van der Waals surface area contributed by atoms with Crippen molar-refractivity contribution in [2.24, 2.45) is 11.7 Å². The SMILES string of the molecule is NC1CCN(CC(=O)N2CCC(CNCc3cc(F)cc(C(F)(F)F)c3)CC2)CC1. The molecule has 0 spiro atoms. The van der Waals surface area contributed by atoms with E-state index in [0.717, 1.165) is 50.9 Å². The second-order valence-corrected chi connectivity index (χ2v) is 8.41. The van der Waals surface area contributed by atoms with Gasteiger partial charge in [-0.3, -0.25) is 9.69 Å². The minimum atomic E-state index is -4.56. The fourth-order valence-electron chi connectivity index (χ4n) is 4.13. The summed E-state index contributed by atoms with van der Waals surface area (Å²) in [7, 11) is 0. The van der Waals surface area contributed by atoms with Gasteiger partial charge in [-0.15, -0.1) is 0 Å². The number of nitrogens with one attached hydrogen (secondary N) is 1. The number of hydrogen-bond donors (Lipinski definition) is 2. The Kier molecular flexibility index (Phi) is 7.70. The minimum Gasteiger partial charge on any atom is -0.342 e. The predicted molar refractivity (Wildman–Crippen MR) is 106 cm³/mol. The van der Waals surface area contributed by atoms with Gasteiger partial charge < -0.3 is 16.0 Å². The van der Waals surface area contributed by atoms with Crippen molar-refractivity contribution in [1.29, 1.82) is 0 Å². The highest BCUT2D eigenvalue weighted by molar-refractivity contribution is 5.78. The second kappa shape index (κ2) is 10.1. The highest BCUT2D eigenvalue weighted by Crippen LogP contribution is 2.30. The number of carbonyl (C=O) groups is 1. The van der Waals surface area contributed by atoms with Crippen molar-refractivity contribution in [2.45, 2.75) is 44.4 Å². The molecule has 3 rings (SSSR count). The molecule has 0 unspecified atom stereocenters. The van der Waals surface area contributed by atoms with E-state index in [-0.39, 0.29) is 24.1 Å². The van der Waals surface area contributed by atoms with Crippen LogP contribution < -0.4 is 11.1 Å². The Labute approximate surface area is 174 Å². The van der Waals surface area contributed by atoms with Gasteiger partial charge in [0.1, 0.15) is 5.82 Å². The molecule has 2 saturated heterocycles. The predicted octanol–water partition coefficient (Wildman–Crippen LogP) is 2.60. The molecule has 0 bridgehead atoms. The van der Waals surface area contributed by atoms with Crippen molar-refractivity contribution in [1.82, 2.24) is 15.1 Å². The first-order chi connectivity index (χ1) is 14.2. The topological polar surface area (TPSA) is 61.6 Å². The summed E-state index contributed by atoms with van der Waals surface area (Å²) in [6, 6.07) is 2.85. The lowest BCUT2D eigenvalue weighted by Gasteiger charge is -2.35. The number of likely N-dealkylation sites (tertiary alicyclic amines) is 2. The number of nitrogens with two attached hydrogens (primary N) is 1. The van der Waals surface area contributed by atoms with Crippen LogP contribution >= 0.6 is 0 Å². The summed E-state index contributed by atoms with van der Waals surface area (Å²) in [4.78, 5) is 16.6. The van der Waals surface area contributed by atoms with E-state index >= 15 is 0 Å². The molecule has 9 heteroatoms. The molecule has 0 aliphatic carbocycles. The molecule has 3 N–H and O–H groups in total. The van der Waals surface area contributed by atoms with Crippen LogP contribution in [0.25, 0.3) is 0 Å². The maximum atomic E-state index is 13.5. The van der Waals surface area contributed by atoms with Crippen LogP contribution in [0.1, 0.15) is 36.8 Å². The van der Waals surface area contributed by atoms with E-state index in [2.05, 4.69) is 10.2 Å². The summed E-state index contributed by atoms with van der Waals surface area (Å²) >= 11 is 0. The number of amides is 1. The number of hydrogen-bond acceptors (Lipinski definition) is 4. The zero-order valence-electron chi connectivity index (χ0n) is 17.1. The molecule has 168 valence electrons. The molecular weight excluding hydrogens is 400 g/mol. The summed E-state index contributed by atoms with van der Waals surface area (Å²) in [5.74, 6) is -0.391. The quantitative estimate of drug-likeness (QED) is 0.682. The molecule has 0 radical (unpaired) electrons. The number of piperidine rings is 2. The Morgan fingerprint density at radius 1 is 1.07 bits per heavy atom. The molecule has 5 nitrogen and oxygen atoms in total. The maximum Gasteiger partial charge on any atom is 0.416 e. The lowest BCUT2D eigenvalue weighted by atomic mass is 9.96. The number of carbonyl (C=O) groups excluding carboxylic acids is 1. The van der Waals surface area contributed by atoms with E-state index in [1.807, 2.05) is 4.90 Å². The molecule has 30 heavy (non-hydrogen) atoms. The Balaban J connectivity index is 1.38. The van der Waals surface area contributed by atoms with Crippen LogP contribution in [0, 0.1) is 11.7 Å². The van der Waals surface area contributed by atoms with Gasteiger partial charge in [0.05, 0.1) is 12.1 Å². The second-order valence-electron chi connectivity index (χ2n) is 8.41. The van der Waals surface area contributed by atoms with Crippen molar-refractivity contribution in [3.8, 4) is 0 Å². The maximum absolute atomic E-state index is 13.5. The Morgan fingerprint density at radius 2 is 1.73 bits per heavy atom. The summed E-state index contributed by atoms with van der Waals surface area (Å²) in [5.41, 5.74) is 5.20. The molecule has 2 aliphatic heterocycles. The number of halogens is 4. The van der Waals surface area contributed by atoms with E-state index < -0.39 is 17.6 Å². The number of alkyl halides is 3. The van der Waals surface area contributed by atoms with Crippen LogP contribution in [0.5, 0.6) is 0 Å². The molecular formula is C21H30F4N4O. The Bertz CT molecular complexity index is 711. The van der Waals surface area contributed by atoms with E-state index in [0.29, 0.717) is 38.2 Å². The van der Waals surface area contributed by atoms with Crippen LogP contribution in [0.3, 0.4) is 0 Å². The number of benzene rings is 1. The minimum absolute atomic E-state index is 0.149. The molecule has 0 atom stereocenters. The van der Waals surface area contributed by atoms with Crippen LogP contribution in [0.15, 0.2) is 18.2 Å². The average molecular weight is 430 g/mol. The van der Waals surface area contributed by atoms with E-state index in [1.165, 1.54) is 0 Å². The van der Waals surface area contributed by atoms with Gasteiger partial charge in [-0.1, -0.05) is 0 Å². The third kappa shape index (κ3) is 6.65. The first-order valence-electron chi connectivity index (χ1n) is 10.5. The van der Waals surface area contributed by atoms with Gasteiger partial charge in [0, 0.05) is 38.8 Å². The van der Waals surface area contributed by atoms with Crippen molar-refractivity contribution < 1.29 is 22.4 Å². The average Bonchev–Trinajstić information content (AvgIpc) is 2.69. The summed E-state index contributed by atoms with van der Waals surface area (Å²) in [6.07, 6.45) is -1.01. The summed E-state index contributed by atoms with van der Waals surface area (Å²) in [6.45, 7) is 4.36. The van der Waals surface area contributed by atoms with E-state index in [4.69, 9.17) is 5.73 Å². The van der Waals surface area contributed by atoms with Crippen LogP contribution in [-0.4, -0.2) is 61.0 Å². The monoisotopic (exact) mass is 430 g/mol. The van der Waals surface area contributed by atoms with Gasteiger partial charge in [0.15, 0.2) is 0 Å². The van der Waals surface area contributed by atoms with Gasteiger partial charge in [0.2, 0.25) is 5.91 Å². The highest BCUT2D eigenvalue weighted by atomic mass is 19.4. The fourth-order valence-corrected chi connectivity index (χ4v) is 4.13. The highest BCUT2D eigenvalue weighted by Gasteiger charge is 2.31. The van der Waals surface area contributed by atoms with Crippen molar-refractivity contribution >= 4 is 5.91 Å².